The molecule has 0 amide bonds. The molecule has 0 unspecified atom stereocenters. The first-order chi connectivity index (χ1) is 10.0. The molecule has 0 fully saturated rings. The number of anilines is 1. The number of carbonyl (C=O) groups is 1. The number of halogens is 1. The Morgan fingerprint density at radius 1 is 1.33 bits per heavy atom. The molecular formula is C16H20BrN3O. The van der Waals surface area contributed by atoms with Crippen molar-refractivity contribution in [1.82, 2.24) is 9.78 Å². The first kappa shape index (κ1) is 15.8. The summed E-state index contributed by atoms with van der Waals surface area (Å²) in [6, 6.07) is 7.62. The van der Waals surface area contributed by atoms with Crippen LogP contribution in [0.5, 0.6) is 0 Å². The van der Waals surface area contributed by atoms with E-state index in [-0.39, 0.29) is 12.2 Å². The quantitative estimate of drug-likeness (QED) is 0.632. The maximum Gasteiger partial charge on any atom is 0.170 e. The van der Waals surface area contributed by atoms with Gasteiger partial charge in [-0.3, -0.25) is 9.48 Å². The van der Waals surface area contributed by atoms with Crippen LogP contribution in [0.1, 0.15) is 48.8 Å². The maximum absolute atomic E-state index is 12.4. The molecule has 2 rings (SSSR count). The Hall–Kier alpha value is -1.62. The predicted molar refractivity (Wildman–Crippen MR) is 88.4 cm³/mol. The van der Waals surface area contributed by atoms with Gasteiger partial charge in [0.1, 0.15) is 0 Å². The van der Waals surface area contributed by atoms with Crippen LogP contribution in [0.15, 0.2) is 34.9 Å². The number of nitrogens with two attached hydrogens (primary N) is 1. The summed E-state index contributed by atoms with van der Waals surface area (Å²) in [5.41, 5.74) is 7.70. The van der Waals surface area contributed by atoms with Crippen LogP contribution in [-0.2, 0) is 6.42 Å². The van der Waals surface area contributed by atoms with Crippen LogP contribution < -0.4 is 5.73 Å². The minimum Gasteiger partial charge on any atom is -0.398 e. The van der Waals surface area contributed by atoms with Crippen molar-refractivity contribution < 1.29 is 4.79 Å². The van der Waals surface area contributed by atoms with Gasteiger partial charge in [-0.2, -0.15) is 5.10 Å². The summed E-state index contributed by atoms with van der Waals surface area (Å²) in [4.78, 5) is 12.4. The van der Waals surface area contributed by atoms with E-state index in [0.29, 0.717) is 17.3 Å². The molecule has 1 aromatic heterocycles. The fourth-order valence-electron chi connectivity index (χ4n) is 2.37. The molecule has 1 heterocycles. The normalized spacial score (nSPS) is 11.0. The van der Waals surface area contributed by atoms with E-state index in [1.807, 2.05) is 23.0 Å². The number of rotatable bonds is 6. The van der Waals surface area contributed by atoms with E-state index in [1.165, 1.54) is 0 Å². The second-order valence-electron chi connectivity index (χ2n) is 5.09. The van der Waals surface area contributed by atoms with Gasteiger partial charge in [-0.25, -0.2) is 0 Å². The van der Waals surface area contributed by atoms with Crippen molar-refractivity contribution in [2.24, 2.45) is 0 Å². The van der Waals surface area contributed by atoms with Crippen LogP contribution in [-0.4, -0.2) is 15.6 Å². The highest BCUT2D eigenvalue weighted by Gasteiger charge is 2.14. The lowest BCUT2D eigenvalue weighted by atomic mass is 10.1. The highest BCUT2D eigenvalue weighted by Crippen LogP contribution is 2.20. The zero-order valence-electron chi connectivity index (χ0n) is 12.3. The summed E-state index contributed by atoms with van der Waals surface area (Å²) in [5.74, 6) is -0.0106. The fourth-order valence-corrected chi connectivity index (χ4v) is 2.73. The molecule has 21 heavy (non-hydrogen) atoms. The van der Waals surface area contributed by atoms with Gasteiger partial charge in [0.05, 0.1) is 18.2 Å². The molecule has 0 bridgehead atoms. The van der Waals surface area contributed by atoms with Gasteiger partial charge in [0.25, 0.3) is 0 Å². The molecule has 0 saturated carbocycles. The second kappa shape index (κ2) is 6.89. The van der Waals surface area contributed by atoms with Crippen LogP contribution >= 0.6 is 15.9 Å². The van der Waals surface area contributed by atoms with Gasteiger partial charge in [0.2, 0.25) is 0 Å². The second-order valence-corrected chi connectivity index (χ2v) is 6.00. The molecule has 4 nitrogen and oxygen atoms in total. The van der Waals surface area contributed by atoms with Gasteiger partial charge in [-0.05, 0) is 37.1 Å². The summed E-state index contributed by atoms with van der Waals surface area (Å²) in [6.45, 7) is 4.28. The third-order valence-corrected chi connectivity index (χ3v) is 4.13. The van der Waals surface area contributed by atoms with Crippen molar-refractivity contribution in [3.63, 3.8) is 0 Å². The number of carbonyl (C=O) groups excluding carboxylic acids is 1. The van der Waals surface area contributed by atoms with Crippen molar-refractivity contribution >= 4 is 27.4 Å². The Balaban J connectivity index is 2.15. The van der Waals surface area contributed by atoms with Gasteiger partial charge in [-0.15, -0.1) is 0 Å². The highest BCUT2D eigenvalue weighted by molar-refractivity contribution is 9.10. The summed E-state index contributed by atoms with van der Waals surface area (Å²) < 4.78 is 2.80. The van der Waals surface area contributed by atoms with E-state index >= 15 is 0 Å². The number of nitrogen functional groups attached to an aromatic ring is 1. The molecule has 2 N–H and O–H groups in total. The van der Waals surface area contributed by atoms with Crippen LogP contribution in [0, 0.1) is 0 Å². The summed E-state index contributed by atoms with van der Waals surface area (Å²) in [6.07, 6.45) is 4.28. The summed E-state index contributed by atoms with van der Waals surface area (Å²) in [5, 5.41) is 4.51. The van der Waals surface area contributed by atoms with E-state index in [0.717, 1.165) is 23.0 Å². The van der Waals surface area contributed by atoms with Gasteiger partial charge in [0, 0.05) is 21.9 Å². The minimum atomic E-state index is -0.0106. The summed E-state index contributed by atoms with van der Waals surface area (Å²) in [7, 11) is 0. The third-order valence-electron chi connectivity index (χ3n) is 3.64. The average Bonchev–Trinajstić information content (AvgIpc) is 2.91. The van der Waals surface area contributed by atoms with Crippen LogP contribution in [0.25, 0.3) is 0 Å². The molecule has 1 aromatic carbocycles. The largest absolute Gasteiger partial charge is 0.398 e. The zero-order valence-corrected chi connectivity index (χ0v) is 13.9. The molecule has 2 aromatic rings. The smallest absolute Gasteiger partial charge is 0.170 e. The number of nitrogens with zero attached hydrogens (tertiary/aromatic N) is 2. The molecule has 0 aliphatic rings. The number of aromatic nitrogens is 2. The summed E-state index contributed by atoms with van der Waals surface area (Å²) >= 11 is 3.36. The van der Waals surface area contributed by atoms with Crippen molar-refractivity contribution in [3.8, 4) is 0 Å². The lowest BCUT2D eigenvalue weighted by Gasteiger charge is -2.12. The van der Waals surface area contributed by atoms with E-state index in [1.54, 1.807) is 12.1 Å². The molecule has 0 spiro atoms. The predicted octanol–water partition coefficient (Wildman–Crippen LogP) is 4.01. The fraction of sp³-hybridized carbons (Fsp3) is 0.375. The Kier molecular flexibility index (Phi) is 5.17. The van der Waals surface area contributed by atoms with Crippen molar-refractivity contribution in [2.45, 2.75) is 39.2 Å². The van der Waals surface area contributed by atoms with E-state index in [4.69, 9.17) is 5.73 Å². The Bertz CT molecular complexity index is 632. The van der Waals surface area contributed by atoms with Gasteiger partial charge in [0.15, 0.2) is 5.78 Å². The first-order valence-electron chi connectivity index (χ1n) is 7.17. The Morgan fingerprint density at radius 2 is 2.05 bits per heavy atom. The van der Waals surface area contributed by atoms with Crippen molar-refractivity contribution in [3.05, 3.63) is 46.2 Å². The van der Waals surface area contributed by atoms with Gasteiger partial charge >= 0.3 is 0 Å². The Labute approximate surface area is 133 Å². The lowest BCUT2D eigenvalue weighted by molar-refractivity contribution is 0.0992. The average molecular weight is 350 g/mol. The maximum atomic E-state index is 12.4. The molecule has 0 aliphatic heterocycles. The van der Waals surface area contributed by atoms with E-state index in [9.17, 15) is 4.79 Å². The van der Waals surface area contributed by atoms with Crippen LogP contribution in [0.2, 0.25) is 0 Å². The molecule has 0 saturated heterocycles. The lowest BCUT2D eigenvalue weighted by Crippen LogP contribution is -2.10. The first-order valence-corrected chi connectivity index (χ1v) is 7.96. The van der Waals surface area contributed by atoms with E-state index < -0.39 is 0 Å². The van der Waals surface area contributed by atoms with Crippen molar-refractivity contribution in [1.29, 1.82) is 0 Å². The van der Waals surface area contributed by atoms with Gasteiger partial charge in [-0.1, -0.05) is 29.8 Å². The Morgan fingerprint density at radius 3 is 2.71 bits per heavy atom. The molecule has 112 valence electrons. The molecular weight excluding hydrogens is 330 g/mol. The van der Waals surface area contributed by atoms with Crippen molar-refractivity contribution in [2.75, 3.05) is 5.73 Å². The van der Waals surface area contributed by atoms with E-state index in [2.05, 4.69) is 34.9 Å². The molecule has 0 atom stereocenters. The number of hydrogen-bond donors (Lipinski definition) is 1. The highest BCUT2D eigenvalue weighted by atomic mass is 79.9. The standard InChI is InChI=1S/C16H20BrN3O/c1-3-13(4-2)20-8-7-12(19-20)10-16(21)14-9-11(17)5-6-15(14)18/h5-9,13H,3-4,10,18H2,1-2H3. The number of hydrogen-bond acceptors (Lipinski definition) is 3. The number of Topliss-reactive ketones (excluding diaryl/α,β-unsaturated/α-hetero) is 1. The molecule has 0 radical (unpaired) electrons. The van der Waals surface area contributed by atoms with Crippen LogP contribution in [0.4, 0.5) is 5.69 Å². The molecule has 0 aliphatic carbocycles. The van der Waals surface area contributed by atoms with Crippen LogP contribution in [0.3, 0.4) is 0 Å². The third kappa shape index (κ3) is 3.73. The number of benzene rings is 1. The SMILES string of the molecule is CCC(CC)n1ccc(CC(=O)c2cc(Br)ccc2N)n1. The topological polar surface area (TPSA) is 60.9 Å². The monoisotopic (exact) mass is 349 g/mol. The zero-order chi connectivity index (χ0) is 15.4. The van der Waals surface area contributed by atoms with Gasteiger partial charge < -0.3 is 5.73 Å². The number of ketones is 1. The minimum absolute atomic E-state index is 0.0106. The molecule has 5 heteroatoms.